The number of primary amides is 1. The van der Waals surface area contributed by atoms with Gasteiger partial charge in [0.25, 0.3) is 35.4 Å². The minimum Gasteiger partial charge on any atom is -0.469 e. The predicted molar refractivity (Wildman–Crippen MR) is 535 cm³/mol. The zero-order chi connectivity index (χ0) is 101. The molecule has 0 aliphatic rings. The first-order valence-corrected chi connectivity index (χ1v) is 45.9. The fourth-order valence-electron chi connectivity index (χ4n) is 11.7. The summed E-state index contributed by atoms with van der Waals surface area (Å²) in [5, 5.41) is 70.1. The van der Waals surface area contributed by atoms with Gasteiger partial charge in [-0.05, 0) is 231 Å². The lowest BCUT2D eigenvalue weighted by atomic mass is 10.0. The Bertz CT molecular complexity index is 4710. The van der Waals surface area contributed by atoms with Gasteiger partial charge in [-0.15, -0.1) is 0 Å². The zero-order valence-corrected chi connectivity index (χ0v) is 81.8. The molecule has 6 aromatic carbocycles. The second kappa shape index (κ2) is 72.0. The van der Waals surface area contributed by atoms with E-state index < -0.39 is 0 Å². The Hall–Kier alpha value is -12.6. The Balaban J connectivity index is 0.000000810. The Morgan fingerprint density at radius 2 is 0.533 bits per heavy atom. The topological polar surface area (TPSA) is 447 Å². The van der Waals surface area contributed by atoms with Gasteiger partial charge in [0.2, 0.25) is 29.5 Å². The number of hydrogen-bond acceptors (Lipinski definition) is 19. The van der Waals surface area contributed by atoms with Gasteiger partial charge in [0, 0.05) is 165 Å². The molecule has 6 atom stereocenters. The van der Waals surface area contributed by atoms with Crippen LogP contribution in [-0.4, -0.2) is 261 Å². The minimum atomic E-state index is -0.292. The van der Waals surface area contributed by atoms with E-state index in [-0.39, 0.29) is 147 Å². The van der Waals surface area contributed by atoms with Gasteiger partial charge in [-0.2, -0.15) is 0 Å². The van der Waals surface area contributed by atoms with Crippen LogP contribution in [0.25, 0.3) is 30.4 Å². The van der Waals surface area contributed by atoms with Crippen LogP contribution >= 0.6 is 0 Å². The number of ether oxygens (including phenoxy) is 1. The van der Waals surface area contributed by atoms with Crippen molar-refractivity contribution in [2.75, 3.05) is 103 Å². The van der Waals surface area contributed by atoms with Crippen molar-refractivity contribution in [3.63, 3.8) is 0 Å². The highest BCUT2D eigenvalue weighted by molar-refractivity contribution is 5.98. The van der Waals surface area contributed by atoms with Crippen LogP contribution in [0.15, 0.2) is 176 Å². The van der Waals surface area contributed by atoms with Crippen LogP contribution in [0.1, 0.15) is 259 Å². The normalized spacial score (nSPS) is 12.1. The van der Waals surface area contributed by atoms with Crippen LogP contribution in [0.3, 0.4) is 0 Å². The maximum absolute atomic E-state index is 12.0. The molecule has 740 valence electrons. The molecule has 6 unspecified atom stereocenters. The van der Waals surface area contributed by atoms with Crippen molar-refractivity contribution in [3.8, 4) is 0 Å². The lowest BCUT2D eigenvalue weighted by Crippen LogP contribution is -2.35. The molecule has 0 bridgehead atoms. The molecule has 14 N–H and O–H groups in total. The van der Waals surface area contributed by atoms with Crippen LogP contribution in [-0.2, 0) is 39.9 Å². The zero-order valence-electron chi connectivity index (χ0n) is 81.8. The van der Waals surface area contributed by atoms with Crippen LogP contribution < -0.4 is 37.6 Å². The largest absolute Gasteiger partial charge is 0.469 e. The number of aliphatic hydroxyl groups is 6. The van der Waals surface area contributed by atoms with Gasteiger partial charge in [-0.25, -0.2) is 0 Å². The number of rotatable bonds is 49. The van der Waals surface area contributed by atoms with Crippen molar-refractivity contribution in [2.45, 2.75) is 206 Å². The number of hydrogen-bond donors (Lipinski definition) is 13. The lowest BCUT2D eigenvalue weighted by Gasteiger charge is -2.11. The van der Waals surface area contributed by atoms with Crippen LogP contribution in [0, 0.1) is 0 Å². The third-order valence-corrected chi connectivity index (χ3v) is 19.8. The summed E-state index contributed by atoms with van der Waals surface area (Å²) in [6.07, 6.45) is 34.4. The maximum Gasteiger partial charge on any atom is 0.305 e. The van der Waals surface area contributed by atoms with Crippen molar-refractivity contribution in [3.05, 3.63) is 243 Å². The maximum atomic E-state index is 12.0. The van der Waals surface area contributed by atoms with E-state index in [1.165, 1.54) is 7.11 Å². The molecular formula is C105H151N11O19. The third kappa shape index (κ3) is 57.6. The number of nitrogens with two attached hydrogens (primary N) is 1. The molecule has 6 aromatic rings. The van der Waals surface area contributed by atoms with Crippen LogP contribution in [0.5, 0.6) is 0 Å². The van der Waals surface area contributed by atoms with Crippen molar-refractivity contribution in [1.82, 2.24) is 51.5 Å². The van der Waals surface area contributed by atoms with Gasteiger partial charge >= 0.3 is 5.97 Å². The highest BCUT2D eigenvalue weighted by atomic mass is 16.5. The predicted octanol–water partition coefficient (Wildman–Crippen LogP) is 11.8. The highest BCUT2D eigenvalue weighted by Crippen LogP contribution is 2.18. The highest BCUT2D eigenvalue weighted by Gasteiger charge is 2.17. The average Bonchev–Trinajstić information content (AvgIpc) is 0.901. The number of amides is 11. The summed E-state index contributed by atoms with van der Waals surface area (Å²) >= 11 is 0. The molecule has 0 saturated heterocycles. The molecule has 135 heavy (non-hydrogen) atoms. The summed E-state index contributed by atoms with van der Waals surface area (Å²) in [4.78, 5) is 146. The second-order valence-electron chi connectivity index (χ2n) is 33.4. The summed E-state index contributed by atoms with van der Waals surface area (Å²) in [5.41, 5.74) is 14.2. The van der Waals surface area contributed by atoms with Gasteiger partial charge in [-0.1, -0.05) is 140 Å². The molecule has 6 rings (SSSR count). The SMILES string of the molecule is CC(CO)NC(=O)c1cccc(/C=C\CCC(=O)N(C)C)c1.CC(CO)NC(=O)c1cccc(/C=C\CCCC(=O)N(C)C)c1.CC(CO)NC(=O)c1cccc(/C=C\CCCC(N)=O)c1.CC(CO)NC(=O)c1cccc(/C=C\CCCCC(=O)N(C)C)c1.CC(CO)NC(=O)c1cccc(CCCCCC(=O)N(C)C)c1.COC(=O)CCC/C=C\c1cccc(C(=O)NC(C)CO)c1. The molecule has 0 heterocycles. The van der Waals surface area contributed by atoms with Crippen LogP contribution in [0.2, 0.25) is 0 Å². The van der Waals surface area contributed by atoms with E-state index in [1.54, 1.807) is 178 Å². The Morgan fingerprint density at radius 3 is 0.807 bits per heavy atom. The number of benzene rings is 6. The van der Waals surface area contributed by atoms with Crippen molar-refractivity contribution < 1.29 is 92.9 Å². The molecule has 0 aliphatic heterocycles. The van der Waals surface area contributed by atoms with Gasteiger partial charge in [0.1, 0.15) is 0 Å². The molecule has 30 nitrogen and oxygen atoms in total. The standard InChI is InChI=1S/C19H28N2O3.C18H28N2O3.C18H26N2O3.C17H24N2O3.C17H23NO4.C16H22N2O3/c1-15(14-22)20-19(24)17-11-8-10-16(13-17)9-6-4-5-7-12-18(23)21(2)3;2*1-14(13-21)19-18(23)16-10-7-9-15(12-16)8-5-4-6-11-17(22)20(2)3;1-13(12-20)18-17(22)15-9-6-8-14(11-15)7-4-5-10-16(21)19(2)3;1-13(12-19)18-17(21)15-9-6-8-14(11-15)7-4-3-5-10-16(20)22-2;1-12(11-19)18-16(21)14-8-5-7-13(10-14)6-3-2-4-9-15(17)20/h6,8-11,13,15,22H,4-5,7,12,14H2,1-3H3,(H,20,24);7,9-10,12,14,21H,4-6,8,11,13H2,1-3H3,(H,19,23);5,7-10,12,14,21H,4,6,11,13H2,1-3H3,(H,19,23);4,6-9,11,13,20H,5,10,12H2,1-3H3,(H,18,22);4,6-9,11,13,19H,3,5,10,12H2,1-2H3,(H,18,21);3,5-8,10,12,19H,2,4,9,11H2,1H3,(H2,17,20)(H,18,21)/b9-6-;;8-5-;2*7-4-;6-3-. The lowest BCUT2D eigenvalue weighted by molar-refractivity contribution is -0.140. The van der Waals surface area contributed by atoms with Gasteiger partial charge in [0.15, 0.2) is 0 Å². The quantitative estimate of drug-likeness (QED) is 0.0125. The number of nitrogens with one attached hydrogen (secondary N) is 6. The number of esters is 1. The third-order valence-electron chi connectivity index (χ3n) is 19.8. The fraction of sp³-hybridized carbons (Fsp3) is 0.448. The molecule has 0 aliphatic carbocycles. The van der Waals surface area contributed by atoms with Crippen molar-refractivity contribution >= 4 is 101 Å². The molecule has 0 spiro atoms. The van der Waals surface area contributed by atoms with Crippen LogP contribution in [0.4, 0.5) is 0 Å². The summed E-state index contributed by atoms with van der Waals surface area (Å²) in [5.74, 6) is -1.10. The number of methoxy groups -OCH3 is 1. The van der Waals surface area contributed by atoms with Crippen molar-refractivity contribution in [2.24, 2.45) is 5.73 Å². The van der Waals surface area contributed by atoms with E-state index in [0.717, 1.165) is 117 Å². The number of nitrogens with zero attached hydrogens (tertiary/aromatic N) is 4. The molecule has 0 radical (unpaired) electrons. The molecule has 11 amide bonds. The first-order chi connectivity index (χ1) is 64.3. The van der Waals surface area contributed by atoms with Gasteiger partial charge in [-0.3, -0.25) is 57.5 Å². The van der Waals surface area contributed by atoms with Gasteiger partial charge < -0.3 is 92.6 Å². The van der Waals surface area contributed by atoms with E-state index in [0.29, 0.717) is 78.3 Å². The molecule has 0 fully saturated rings. The number of unbranched alkanes of at least 4 members (excludes halogenated alkanes) is 7. The first kappa shape index (κ1) is 120. The smallest absolute Gasteiger partial charge is 0.305 e. The summed E-state index contributed by atoms with van der Waals surface area (Å²) in [6.45, 7) is 9.96. The molecule has 0 saturated carbocycles. The summed E-state index contributed by atoms with van der Waals surface area (Å²) < 4.78 is 4.57. The van der Waals surface area contributed by atoms with E-state index in [2.05, 4.69) is 42.7 Å². The number of carbonyl (C=O) groups excluding carboxylic acids is 12. The molecule has 0 aromatic heterocycles. The number of aliphatic hydroxyl groups excluding tert-OH is 6. The molecular weight excluding hydrogens is 1720 g/mol. The molecule has 30 heteroatoms. The van der Waals surface area contributed by atoms with E-state index in [9.17, 15) is 57.5 Å². The van der Waals surface area contributed by atoms with E-state index >= 15 is 0 Å². The number of aryl methyl sites for hydroxylation is 1. The van der Waals surface area contributed by atoms with Gasteiger partial charge in [0.05, 0.1) is 46.8 Å². The minimum absolute atomic E-state index is 0.0723. The Kier molecular flexibility index (Phi) is 64.2. The van der Waals surface area contributed by atoms with E-state index in [1.807, 2.05) is 140 Å². The Labute approximate surface area is 799 Å². The van der Waals surface area contributed by atoms with Crippen molar-refractivity contribution in [1.29, 1.82) is 0 Å². The van der Waals surface area contributed by atoms with E-state index in [4.69, 9.17) is 36.4 Å². The average molecular weight is 1870 g/mol. The monoisotopic (exact) mass is 1870 g/mol. The summed E-state index contributed by atoms with van der Waals surface area (Å²) in [6, 6.07) is 42.3. The fourth-order valence-corrected chi connectivity index (χ4v) is 11.7. The second-order valence-corrected chi connectivity index (χ2v) is 33.4. The number of allylic oxidation sites excluding steroid dienone is 5. The first-order valence-electron chi connectivity index (χ1n) is 45.9. The number of carbonyl (C=O) groups is 12. The Morgan fingerprint density at radius 1 is 0.296 bits per heavy atom. The summed E-state index contributed by atoms with van der Waals surface area (Å²) in [7, 11) is 15.5.